The first-order valence-corrected chi connectivity index (χ1v) is 18.0. The van der Waals surface area contributed by atoms with Crippen LogP contribution in [0.5, 0.6) is 0 Å². The highest BCUT2D eigenvalue weighted by Crippen LogP contribution is 2.44. The summed E-state index contributed by atoms with van der Waals surface area (Å²) in [6.45, 7) is 8.02. The molecule has 0 spiro atoms. The number of para-hydroxylation sites is 2. The average molecular weight is 673 g/mol. The minimum atomic E-state index is 0.641. The summed E-state index contributed by atoms with van der Waals surface area (Å²) in [5, 5.41) is 7.43. The summed E-state index contributed by atoms with van der Waals surface area (Å²) >= 11 is 0. The van der Waals surface area contributed by atoms with Crippen LogP contribution in [0.1, 0.15) is 0 Å². The van der Waals surface area contributed by atoms with Crippen LogP contribution < -0.4 is 0 Å². The molecule has 0 saturated heterocycles. The van der Waals surface area contributed by atoms with Crippen LogP contribution in [0.3, 0.4) is 0 Å². The molecule has 1 heterocycles. The first kappa shape index (κ1) is 30.6. The smallest absolute Gasteiger partial charge is 0.195 e. The molecule has 0 N–H and O–H groups in total. The standard InChI is InChI=1S/C51H32N2/c1-52-47-31-30-39(53-48-24-11-9-18-40(48)41-19-10-12-25-49(41)53)33-46(47)35-28-26-34(27-29-35)37-16-13-17-38(32-37)51-44-22-7-5-20-42(44)50(36-14-3-2-4-15-36)43-21-6-8-23-45(43)51/h2-33H. The quantitative estimate of drug-likeness (QED) is 0.127. The van der Waals surface area contributed by atoms with Crippen molar-refractivity contribution in [2.24, 2.45) is 0 Å². The van der Waals surface area contributed by atoms with Crippen molar-refractivity contribution in [3.05, 3.63) is 206 Å². The highest BCUT2D eigenvalue weighted by molar-refractivity contribution is 6.21. The molecular weight excluding hydrogens is 641 g/mol. The Morgan fingerprint density at radius 1 is 0.340 bits per heavy atom. The average Bonchev–Trinajstić information content (AvgIpc) is 3.57. The molecule has 0 aliphatic heterocycles. The van der Waals surface area contributed by atoms with Gasteiger partial charge in [0.15, 0.2) is 5.69 Å². The highest BCUT2D eigenvalue weighted by atomic mass is 15.0. The summed E-state index contributed by atoms with van der Waals surface area (Å²) in [5.41, 5.74) is 13.2. The van der Waals surface area contributed by atoms with E-state index in [4.69, 9.17) is 6.57 Å². The molecule has 9 aromatic carbocycles. The Kier molecular flexibility index (Phi) is 7.23. The predicted octanol–water partition coefficient (Wildman–Crippen LogP) is 14.3. The lowest BCUT2D eigenvalue weighted by atomic mass is 9.85. The fraction of sp³-hybridized carbons (Fsp3) is 0. The molecule has 0 saturated carbocycles. The number of fused-ring (bicyclic) bond motifs is 5. The van der Waals surface area contributed by atoms with Crippen LogP contribution in [0, 0.1) is 6.57 Å². The lowest BCUT2D eigenvalue weighted by molar-refractivity contribution is 1.18. The second-order valence-corrected chi connectivity index (χ2v) is 13.5. The molecule has 0 amide bonds. The lowest BCUT2D eigenvalue weighted by Crippen LogP contribution is -1.94. The molecule has 0 fully saturated rings. The maximum Gasteiger partial charge on any atom is 0.195 e. The number of hydrogen-bond donors (Lipinski definition) is 0. The van der Waals surface area contributed by atoms with Crippen LogP contribution in [0.2, 0.25) is 0 Å². The van der Waals surface area contributed by atoms with Gasteiger partial charge in [-0.2, -0.15) is 0 Å². The Morgan fingerprint density at radius 2 is 0.811 bits per heavy atom. The second kappa shape index (κ2) is 12.5. The molecule has 0 radical (unpaired) electrons. The monoisotopic (exact) mass is 672 g/mol. The van der Waals surface area contributed by atoms with Gasteiger partial charge < -0.3 is 4.57 Å². The summed E-state index contributed by atoms with van der Waals surface area (Å²) in [5.74, 6) is 0. The molecule has 10 rings (SSSR count). The number of nitrogens with zero attached hydrogens (tertiary/aromatic N) is 2. The fourth-order valence-corrected chi connectivity index (χ4v) is 8.24. The summed E-state index contributed by atoms with van der Waals surface area (Å²) in [6, 6.07) is 69.2. The van der Waals surface area contributed by atoms with Crippen LogP contribution in [-0.4, -0.2) is 4.57 Å². The molecule has 0 bridgehead atoms. The van der Waals surface area contributed by atoms with Gasteiger partial charge in [0.1, 0.15) is 0 Å². The van der Waals surface area contributed by atoms with E-state index in [1.807, 2.05) is 6.07 Å². The number of rotatable bonds is 5. The van der Waals surface area contributed by atoms with E-state index in [2.05, 4.69) is 197 Å². The Bertz CT molecular complexity index is 2940. The second-order valence-electron chi connectivity index (χ2n) is 13.5. The summed E-state index contributed by atoms with van der Waals surface area (Å²) in [6.07, 6.45) is 0. The molecule has 2 nitrogen and oxygen atoms in total. The van der Waals surface area contributed by atoms with Gasteiger partial charge >= 0.3 is 0 Å². The van der Waals surface area contributed by atoms with Crippen molar-refractivity contribution in [2.75, 3.05) is 0 Å². The van der Waals surface area contributed by atoms with Crippen molar-refractivity contribution in [1.29, 1.82) is 0 Å². The van der Waals surface area contributed by atoms with E-state index in [1.165, 1.54) is 54.6 Å². The lowest BCUT2D eigenvalue weighted by Gasteiger charge is -2.18. The molecule has 0 unspecified atom stereocenters. The molecule has 0 aliphatic rings. The SMILES string of the molecule is [C-]#[N+]c1ccc(-n2c3ccccc3c3ccccc32)cc1-c1ccc(-c2cccc(-c3c4ccccc4c(-c4ccccc4)c4ccccc34)c2)cc1. The molecule has 2 heteroatoms. The van der Waals surface area contributed by atoms with Gasteiger partial charge in [0.25, 0.3) is 0 Å². The first-order chi connectivity index (χ1) is 26.3. The van der Waals surface area contributed by atoms with Crippen LogP contribution in [0.25, 0.3) is 98.4 Å². The van der Waals surface area contributed by atoms with E-state index in [1.54, 1.807) is 0 Å². The van der Waals surface area contributed by atoms with Crippen molar-refractivity contribution < 1.29 is 0 Å². The van der Waals surface area contributed by atoms with Crippen molar-refractivity contribution in [3.8, 4) is 50.2 Å². The number of benzene rings is 9. The molecule has 1 aromatic heterocycles. The van der Waals surface area contributed by atoms with Gasteiger partial charge in [0, 0.05) is 16.5 Å². The van der Waals surface area contributed by atoms with E-state index in [0.717, 1.165) is 39.0 Å². The zero-order chi connectivity index (χ0) is 35.3. The van der Waals surface area contributed by atoms with Crippen LogP contribution in [-0.2, 0) is 0 Å². The third-order valence-corrected chi connectivity index (χ3v) is 10.6. The summed E-state index contributed by atoms with van der Waals surface area (Å²) < 4.78 is 2.31. The van der Waals surface area contributed by atoms with Gasteiger partial charge in [-0.3, -0.25) is 0 Å². The van der Waals surface area contributed by atoms with Crippen molar-refractivity contribution in [3.63, 3.8) is 0 Å². The van der Waals surface area contributed by atoms with Crippen LogP contribution >= 0.6 is 0 Å². The van der Waals surface area contributed by atoms with Gasteiger partial charge in [0.05, 0.1) is 17.6 Å². The predicted molar refractivity (Wildman–Crippen MR) is 224 cm³/mol. The molecular formula is C51H32N2. The Morgan fingerprint density at radius 3 is 1.40 bits per heavy atom. The molecule has 0 aliphatic carbocycles. The molecule has 246 valence electrons. The summed E-state index contributed by atoms with van der Waals surface area (Å²) in [4.78, 5) is 3.94. The van der Waals surface area contributed by atoms with Gasteiger partial charge in [-0.1, -0.05) is 164 Å². The zero-order valence-corrected chi connectivity index (χ0v) is 28.9. The van der Waals surface area contributed by atoms with Crippen molar-refractivity contribution in [1.82, 2.24) is 4.57 Å². The minimum absolute atomic E-state index is 0.641. The first-order valence-electron chi connectivity index (χ1n) is 18.0. The number of aromatic nitrogens is 1. The van der Waals surface area contributed by atoms with Gasteiger partial charge in [0.2, 0.25) is 0 Å². The molecule has 53 heavy (non-hydrogen) atoms. The van der Waals surface area contributed by atoms with E-state index < -0.39 is 0 Å². The third kappa shape index (κ3) is 5.02. The zero-order valence-electron chi connectivity index (χ0n) is 28.9. The maximum atomic E-state index is 8.02. The Labute approximate surface area is 308 Å². The third-order valence-electron chi connectivity index (χ3n) is 10.6. The number of hydrogen-bond acceptors (Lipinski definition) is 0. The van der Waals surface area contributed by atoms with Gasteiger partial charge in [-0.25, -0.2) is 4.85 Å². The largest absolute Gasteiger partial charge is 0.309 e. The Hall–Kier alpha value is -7.21. The molecule has 0 atom stereocenters. The topological polar surface area (TPSA) is 9.29 Å². The normalized spacial score (nSPS) is 11.4. The van der Waals surface area contributed by atoms with Gasteiger partial charge in [-0.15, -0.1) is 0 Å². The van der Waals surface area contributed by atoms with Crippen LogP contribution in [0.4, 0.5) is 5.69 Å². The fourth-order valence-electron chi connectivity index (χ4n) is 8.24. The van der Waals surface area contributed by atoms with E-state index in [9.17, 15) is 0 Å². The van der Waals surface area contributed by atoms with Crippen LogP contribution in [0.15, 0.2) is 194 Å². The van der Waals surface area contributed by atoms with E-state index in [0.29, 0.717) is 5.69 Å². The highest BCUT2D eigenvalue weighted by Gasteiger charge is 2.18. The van der Waals surface area contributed by atoms with Crippen molar-refractivity contribution >= 4 is 49.0 Å². The van der Waals surface area contributed by atoms with Gasteiger partial charge in [-0.05, 0) is 96.4 Å². The maximum absolute atomic E-state index is 8.02. The Balaban J connectivity index is 1.07. The molecule has 10 aromatic rings. The minimum Gasteiger partial charge on any atom is -0.309 e. The van der Waals surface area contributed by atoms with Crippen molar-refractivity contribution in [2.45, 2.75) is 0 Å². The summed E-state index contributed by atoms with van der Waals surface area (Å²) in [7, 11) is 0. The van der Waals surface area contributed by atoms with E-state index in [-0.39, 0.29) is 0 Å². The van der Waals surface area contributed by atoms with E-state index >= 15 is 0 Å².